The number of aromatic nitrogens is 3. The van der Waals surface area contributed by atoms with Crippen LogP contribution >= 0.6 is 23.2 Å². The topological polar surface area (TPSA) is 93.9 Å². The molecule has 0 aliphatic heterocycles. The van der Waals surface area contributed by atoms with Gasteiger partial charge in [-0.05, 0) is 50.6 Å². The van der Waals surface area contributed by atoms with Gasteiger partial charge in [0.1, 0.15) is 0 Å². The zero-order valence-corrected chi connectivity index (χ0v) is 17.5. The Bertz CT molecular complexity index is 1170. The third kappa shape index (κ3) is 4.04. The van der Waals surface area contributed by atoms with Crippen molar-refractivity contribution in [2.45, 2.75) is 25.7 Å². The first-order chi connectivity index (χ1) is 13.1. The zero-order valence-electron chi connectivity index (χ0n) is 15.2. The van der Waals surface area contributed by atoms with E-state index in [1.54, 1.807) is 44.2 Å². The van der Waals surface area contributed by atoms with E-state index in [1.807, 2.05) is 11.6 Å². The molecule has 10 heteroatoms. The number of halogens is 2. The smallest absolute Gasteiger partial charge is 0.266 e. The number of carbonyl (C=O) groups excluding carboxylic acids is 1. The van der Waals surface area contributed by atoms with Crippen LogP contribution in [0.4, 0.5) is 0 Å². The summed E-state index contributed by atoms with van der Waals surface area (Å²) in [6.07, 6.45) is 0. The quantitative estimate of drug-likeness (QED) is 0.670. The van der Waals surface area contributed by atoms with E-state index in [0.717, 1.165) is 5.56 Å². The molecular formula is C18H16Cl2N4O3S. The summed E-state index contributed by atoms with van der Waals surface area (Å²) in [6.45, 7) is 5.11. The second kappa shape index (κ2) is 7.54. The Morgan fingerprint density at radius 3 is 2.29 bits per heavy atom. The van der Waals surface area contributed by atoms with Crippen LogP contribution < -0.4 is 4.72 Å². The molecule has 1 amide bonds. The second-order valence-electron chi connectivity index (χ2n) is 6.27. The van der Waals surface area contributed by atoms with Crippen molar-refractivity contribution in [2.75, 3.05) is 0 Å². The van der Waals surface area contributed by atoms with E-state index in [0.29, 0.717) is 27.0 Å². The molecule has 2 aromatic carbocycles. The summed E-state index contributed by atoms with van der Waals surface area (Å²) in [5, 5.41) is 8.51. The maximum atomic E-state index is 12.6. The summed E-state index contributed by atoms with van der Waals surface area (Å²) < 4.78 is 28.6. The predicted molar refractivity (Wildman–Crippen MR) is 107 cm³/mol. The minimum absolute atomic E-state index is 0.0260. The highest BCUT2D eigenvalue weighted by atomic mass is 35.5. The first-order valence-electron chi connectivity index (χ1n) is 8.11. The number of nitrogens with one attached hydrogen (secondary N) is 1. The highest BCUT2D eigenvalue weighted by Crippen LogP contribution is 2.23. The fraction of sp³-hybridized carbons (Fsp3) is 0.167. The van der Waals surface area contributed by atoms with Gasteiger partial charge in [0.25, 0.3) is 15.9 Å². The molecule has 1 aromatic heterocycles. The lowest BCUT2D eigenvalue weighted by Crippen LogP contribution is -2.31. The van der Waals surface area contributed by atoms with Crippen molar-refractivity contribution in [2.24, 2.45) is 0 Å². The fourth-order valence-corrected chi connectivity index (χ4v) is 4.47. The molecule has 0 saturated heterocycles. The Kier molecular flexibility index (Phi) is 5.47. The van der Waals surface area contributed by atoms with Gasteiger partial charge in [-0.3, -0.25) is 4.79 Å². The Labute approximate surface area is 172 Å². The van der Waals surface area contributed by atoms with Crippen LogP contribution in [0.5, 0.6) is 0 Å². The maximum absolute atomic E-state index is 12.6. The molecule has 0 spiro atoms. The average molecular weight is 439 g/mol. The molecule has 0 aliphatic rings. The van der Waals surface area contributed by atoms with E-state index < -0.39 is 15.9 Å². The minimum Gasteiger partial charge on any atom is -0.266 e. The molecule has 0 atom stereocenters. The SMILES string of the molecule is Cc1ccc(S(=O)(=O)NC(=O)c2nnn(-c3cc(Cl)cc(Cl)c3)c2C)c(C)c1. The summed E-state index contributed by atoms with van der Waals surface area (Å²) in [5.74, 6) is -0.878. The Hall–Kier alpha value is -2.42. The van der Waals surface area contributed by atoms with Crippen molar-refractivity contribution in [3.63, 3.8) is 0 Å². The first-order valence-corrected chi connectivity index (χ1v) is 10.4. The van der Waals surface area contributed by atoms with Crippen molar-refractivity contribution in [1.82, 2.24) is 19.7 Å². The molecular weight excluding hydrogens is 423 g/mol. The van der Waals surface area contributed by atoms with E-state index in [4.69, 9.17) is 23.2 Å². The molecule has 0 bridgehead atoms. The van der Waals surface area contributed by atoms with Crippen LogP contribution in [0.15, 0.2) is 41.3 Å². The Morgan fingerprint density at radius 2 is 1.68 bits per heavy atom. The maximum Gasteiger partial charge on any atom is 0.287 e. The van der Waals surface area contributed by atoms with Gasteiger partial charge in [-0.25, -0.2) is 17.8 Å². The number of hydrogen-bond donors (Lipinski definition) is 1. The fourth-order valence-electron chi connectivity index (χ4n) is 2.77. The van der Waals surface area contributed by atoms with Crippen LogP contribution in [0.3, 0.4) is 0 Å². The average Bonchev–Trinajstić information content (AvgIpc) is 2.94. The zero-order chi connectivity index (χ0) is 20.6. The van der Waals surface area contributed by atoms with Crippen LogP contribution in [-0.4, -0.2) is 29.3 Å². The number of rotatable bonds is 4. The van der Waals surface area contributed by atoms with Gasteiger partial charge in [0.15, 0.2) is 5.69 Å². The summed E-state index contributed by atoms with van der Waals surface area (Å²) in [7, 11) is -4.06. The molecule has 0 aliphatic carbocycles. The number of aryl methyl sites for hydroxylation is 2. The normalized spacial score (nSPS) is 11.5. The van der Waals surface area contributed by atoms with Crippen molar-refractivity contribution in [3.05, 3.63) is 69.0 Å². The Morgan fingerprint density at radius 1 is 1.04 bits per heavy atom. The molecule has 28 heavy (non-hydrogen) atoms. The molecule has 7 nitrogen and oxygen atoms in total. The molecule has 3 aromatic rings. The Balaban J connectivity index is 1.92. The standard InChI is InChI=1S/C18H16Cl2N4O3S/c1-10-4-5-16(11(2)6-10)28(26,27)22-18(25)17-12(3)24(23-21-17)15-8-13(19)7-14(20)9-15/h4-9H,1-3H3,(H,22,25). The van der Waals surface area contributed by atoms with Gasteiger partial charge in [0.2, 0.25) is 0 Å². The van der Waals surface area contributed by atoms with Gasteiger partial charge < -0.3 is 0 Å². The van der Waals surface area contributed by atoms with Crippen molar-refractivity contribution < 1.29 is 13.2 Å². The molecule has 0 unspecified atom stereocenters. The molecule has 1 N–H and O–H groups in total. The number of sulfonamides is 1. The monoisotopic (exact) mass is 438 g/mol. The summed E-state index contributed by atoms with van der Waals surface area (Å²) in [4.78, 5) is 12.6. The molecule has 0 fully saturated rings. The van der Waals surface area contributed by atoms with Gasteiger partial charge in [-0.15, -0.1) is 5.10 Å². The van der Waals surface area contributed by atoms with Gasteiger partial charge >= 0.3 is 0 Å². The van der Waals surface area contributed by atoms with Crippen molar-refractivity contribution in [1.29, 1.82) is 0 Å². The molecule has 3 rings (SSSR count). The van der Waals surface area contributed by atoms with E-state index in [1.165, 1.54) is 10.7 Å². The molecule has 146 valence electrons. The van der Waals surface area contributed by atoms with Gasteiger partial charge in [0.05, 0.1) is 16.3 Å². The van der Waals surface area contributed by atoms with Gasteiger partial charge in [-0.1, -0.05) is 46.1 Å². The highest BCUT2D eigenvalue weighted by Gasteiger charge is 2.25. The summed E-state index contributed by atoms with van der Waals surface area (Å²) in [6, 6.07) is 9.60. The molecule has 1 heterocycles. The van der Waals surface area contributed by atoms with Crippen LogP contribution in [0.2, 0.25) is 10.0 Å². The van der Waals surface area contributed by atoms with E-state index in [-0.39, 0.29) is 10.6 Å². The van der Waals surface area contributed by atoms with Crippen molar-refractivity contribution in [3.8, 4) is 5.69 Å². The number of benzene rings is 2. The third-order valence-corrected chi connectivity index (χ3v) is 5.98. The van der Waals surface area contributed by atoms with E-state index in [2.05, 4.69) is 10.3 Å². The number of nitrogens with zero attached hydrogens (tertiary/aromatic N) is 3. The minimum atomic E-state index is -4.06. The van der Waals surface area contributed by atoms with Crippen LogP contribution in [0.25, 0.3) is 5.69 Å². The van der Waals surface area contributed by atoms with Crippen molar-refractivity contribution >= 4 is 39.1 Å². The number of carbonyl (C=O) groups is 1. The molecule has 0 saturated carbocycles. The first kappa shape index (κ1) is 20.3. The van der Waals surface area contributed by atoms with Crippen LogP contribution in [0, 0.1) is 20.8 Å². The van der Waals surface area contributed by atoms with Gasteiger partial charge in [-0.2, -0.15) is 0 Å². The summed E-state index contributed by atoms with van der Waals surface area (Å²) >= 11 is 12.0. The van der Waals surface area contributed by atoms with E-state index >= 15 is 0 Å². The predicted octanol–water partition coefficient (Wildman–Crippen LogP) is 3.62. The lowest BCUT2D eigenvalue weighted by molar-refractivity contribution is 0.0976. The lowest BCUT2D eigenvalue weighted by Gasteiger charge is -2.09. The van der Waals surface area contributed by atoms with E-state index in [9.17, 15) is 13.2 Å². The second-order valence-corrected chi connectivity index (χ2v) is 8.79. The van der Waals surface area contributed by atoms with Crippen LogP contribution in [0.1, 0.15) is 27.3 Å². The highest BCUT2D eigenvalue weighted by molar-refractivity contribution is 7.90. The largest absolute Gasteiger partial charge is 0.287 e. The molecule has 0 radical (unpaired) electrons. The number of hydrogen-bond acceptors (Lipinski definition) is 5. The third-order valence-electron chi connectivity index (χ3n) is 4.05. The van der Waals surface area contributed by atoms with Crippen LogP contribution in [-0.2, 0) is 10.0 Å². The van der Waals surface area contributed by atoms with Gasteiger partial charge in [0, 0.05) is 10.0 Å². The summed E-state index contributed by atoms with van der Waals surface area (Å²) in [5.41, 5.74) is 2.17. The lowest BCUT2D eigenvalue weighted by atomic mass is 10.2. The number of amides is 1.